The second kappa shape index (κ2) is 12.5. The van der Waals surface area contributed by atoms with Gasteiger partial charge in [-0.15, -0.1) is 0 Å². The number of carbonyl (C=O) groups is 2. The summed E-state index contributed by atoms with van der Waals surface area (Å²) in [4.78, 5) is 24.0. The first-order valence-electron chi connectivity index (χ1n) is 12.0. The lowest BCUT2D eigenvalue weighted by Crippen LogP contribution is -2.11. The molecule has 0 bridgehead atoms. The molecule has 3 heteroatoms. The summed E-state index contributed by atoms with van der Waals surface area (Å²) in [5.74, 6) is 1.01. The lowest BCUT2D eigenvalue weighted by molar-refractivity contribution is 0.102. The Morgan fingerprint density at radius 2 is 0.914 bits per heavy atom. The highest BCUT2D eigenvalue weighted by atomic mass is 16.1. The van der Waals surface area contributed by atoms with Crippen LogP contribution in [0.4, 0.5) is 5.69 Å². The highest BCUT2D eigenvalue weighted by molar-refractivity contribution is 6.09. The van der Waals surface area contributed by atoms with Crippen molar-refractivity contribution in [3.8, 4) is 0 Å². The fraction of sp³-hybridized carbons (Fsp3) is 0.188. The topological polar surface area (TPSA) is 46.2 Å². The van der Waals surface area contributed by atoms with Gasteiger partial charge in [0.05, 0.1) is 0 Å². The largest absolute Gasteiger partial charge is 0.322 e. The summed E-state index contributed by atoms with van der Waals surface area (Å²) in [6.07, 6.45) is 0. The molecule has 3 nitrogen and oxygen atoms in total. The number of ketones is 1. The average molecular weight is 464 g/mol. The Morgan fingerprint density at radius 1 is 0.514 bits per heavy atom. The van der Waals surface area contributed by atoms with Gasteiger partial charge in [0.2, 0.25) is 0 Å². The zero-order valence-corrected chi connectivity index (χ0v) is 20.9. The number of anilines is 1. The third-order valence-electron chi connectivity index (χ3n) is 5.75. The van der Waals surface area contributed by atoms with E-state index in [9.17, 15) is 9.59 Å². The number of rotatable bonds is 6. The van der Waals surface area contributed by atoms with Gasteiger partial charge in [-0.2, -0.15) is 0 Å². The highest BCUT2D eigenvalue weighted by Crippen LogP contribution is 2.18. The summed E-state index contributed by atoms with van der Waals surface area (Å²) >= 11 is 0. The molecule has 0 aliphatic rings. The number of benzene rings is 4. The lowest BCUT2D eigenvalue weighted by atomic mass is 9.98. The Morgan fingerprint density at radius 3 is 1.37 bits per heavy atom. The van der Waals surface area contributed by atoms with E-state index >= 15 is 0 Å². The van der Waals surface area contributed by atoms with Gasteiger partial charge in [-0.1, -0.05) is 113 Å². The van der Waals surface area contributed by atoms with Crippen LogP contribution in [-0.4, -0.2) is 11.7 Å². The Hall–Kier alpha value is -3.98. The van der Waals surface area contributed by atoms with Crippen LogP contribution in [0.2, 0.25) is 0 Å². The Balaban J connectivity index is 0.000000196. The molecule has 4 aromatic carbocycles. The van der Waals surface area contributed by atoms with Gasteiger partial charge in [0.1, 0.15) is 0 Å². The van der Waals surface area contributed by atoms with Crippen LogP contribution in [-0.2, 0) is 0 Å². The van der Waals surface area contributed by atoms with E-state index in [1.807, 2.05) is 97.1 Å². The van der Waals surface area contributed by atoms with E-state index in [0.29, 0.717) is 17.4 Å². The second-order valence-corrected chi connectivity index (χ2v) is 9.07. The number of amides is 1. The van der Waals surface area contributed by atoms with Crippen molar-refractivity contribution in [3.63, 3.8) is 0 Å². The molecule has 0 heterocycles. The van der Waals surface area contributed by atoms with Crippen LogP contribution in [0.25, 0.3) is 0 Å². The molecule has 0 aliphatic carbocycles. The maximum Gasteiger partial charge on any atom is 0.255 e. The second-order valence-electron chi connectivity index (χ2n) is 9.07. The lowest BCUT2D eigenvalue weighted by Gasteiger charge is -2.08. The summed E-state index contributed by atoms with van der Waals surface area (Å²) in [5.41, 5.74) is 5.52. The molecule has 0 saturated carbocycles. The molecule has 178 valence electrons. The minimum Gasteiger partial charge on any atom is -0.322 e. The normalized spacial score (nSPS) is 10.5. The van der Waals surface area contributed by atoms with Crippen LogP contribution in [0.3, 0.4) is 0 Å². The monoisotopic (exact) mass is 463 g/mol. The molecule has 0 radical (unpaired) electrons. The van der Waals surface area contributed by atoms with Crippen LogP contribution in [0.1, 0.15) is 76.9 Å². The fourth-order valence-electron chi connectivity index (χ4n) is 3.52. The van der Waals surface area contributed by atoms with Gasteiger partial charge in [0.15, 0.2) is 5.78 Å². The van der Waals surface area contributed by atoms with Crippen molar-refractivity contribution in [2.45, 2.75) is 39.5 Å². The smallest absolute Gasteiger partial charge is 0.255 e. The van der Waals surface area contributed by atoms with E-state index in [0.717, 1.165) is 16.8 Å². The van der Waals surface area contributed by atoms with Gasteiger partial charge in [0, 0.05) is 22.4 Å². The SMILES string of the molecule is CC(C)c1ccc(C(=O)c2ccccc2)cc1.CC(C)c1ccc(NC(=O)c2ccccc2)cc1. The number of hydrogen-bond acceptors (Lipinski definition) is 2. The molecule has 4 rings (SSSR count). The molecule has 0 fully saturated rings. The van der Waals surface area contributed by atoms with Gasteiger partial charge in [0.25, 0.3) is 5.91 Å². The predicted octanol–water partition coefficient (Wildman–Crippen LogP) is 8.10. The Labute approximate surface area is 208 Å². The van der Waals surface area contributed by atoms with Gasteiger partial charge in [-0.3, -0.25) is 9.59 Å². The molecule has 0 unspecified atom stereocenters. The fourth-order valence-corrected chi connectivity index (χ4v) is 3.52. The quantitative estimate of drug-likeness (QED) is 0.294. The van der Waals surface area contributed by atoms with Crippen LogP contribution in [0.5, 0.6) is 0 Å². The van der Waals surface area contributed by atoms with E-state index in [2.05, 4.69) is 33.0 Å². The third-order valence-corrected chi connectivity index (χ3v) is 5.75. The zero-order chi connectivity index (χ0) is 25.2. The van der Waals surface area contributed by atoms with Crippen molar-refractivity contribution in [3.05, 3.63) is 137 Å². The van der Waals surface area contributed by atoms with E-state index in [-0.39, 0.29) is 11.7 Å². The maximum absolute atomic E-state index is 12.1. The first-order valence-corrected chi connectivity index (χ1v) is 12.0. The Kier molecular flexibility index (Phi) is 9.14. The first kappa shape index (κ1) is 25.6. The van der Waals surface area contributed by atoms with Crippen molar-refractivity contribution < 1.29 is 9.59 Å². The van der Waals surface area contributed by atoms with E-state index < -0.39 is 0 Å². The molecule has 0 atom stereocenters. The third kappa shape index (κ3) is 7.51. The van der Waals surface area contributed by atoms with E-state index in [1.54, 1.807) is 12.1 Å². The number of hydrogen-bond donors (Lipinski definition) is 1. The van der Waals surface area contributed by atoms with Gasteiger partial charge < -0.3 is 5.32 Å². The summed E-state index contributed by atoms with van der Waals surface area (Å²) in [5, 5.41) is 2.89. The molecule has 4 aromatic rings. The molecular weight excluding hydrogens is 430 g/mol. The van der Waals surface area contributed by atoms with Gasteiger partial charge >= 0.3 is 0 Å². The van der Waals surface area contributed by atoms with E-state index in [4.69, 9.17) is 0 Å². The zero-order valence-electron chi connectivity index (χ0n) is 20.9. The van der Waals surface area contributed by atoms with Crippen LogP contribution in [0.15, 0.2) is 109 Å². The number of carbonyl (C=O) groups excluding carboxylic acids is 2. The molecule has 1 amide bonds. The standard InChI is InChI=1S/C16H17NO.C16H16O/c1-12(2)13-8-10-15(11-9-13)17-16(18)14-6-4-3-5-7-14;1-12(2)13-8-10-15(11-9-13)16(17)14-6-4-3-5-7-14/h3-12H,1-2H3,(H,17,18);3-12H,1-2H3. The van der Waals surface area contributed by atoms with Crippen molar-refractivity contribution in [2.24, 2.45) is 0 Å². The van der Waals surface area contributed by atoms with Crippen molar-refractivity contribution in [1.29, 1.82) is 0 Å². The van der Waals surface area contributed by atoms with Gasteiger partial charge in [-0.05, 0) is 47.2 Å². The minimum absolute atomic E-state index is 0.0760. The summed E-state index contributed by atoms with van der Waals surface area (Å²) in [6.45, 7) is 8.59. The molecule has 0 spiro atoms. The van der Waals surface area contributed by atoms with Crippen molar-refractivity contribution in [1.82, 2.24) is 0 Å². The molecule has 0 aromatic heterocycles. The molecule has 0 aliphatic heterocycles. The summed E-state index contributed by atoms with van der Waals surface area (Å²) < 4.78 is 0. The summed E-state index contributed by atoms with van der Waals surface area (Å²) in [7, 11) is 0. The first-order chi connectivity index (χ1) is 16.8. The maximum atomic E-state index is 12.1. The van der Waals surface area contributed by atoms with Crippen LogP contribution >= 0.6 is 0 Å². The van der Waals surface area contributed by atoms with Crippen LogP contribution < -0.4 is 5.32 Å². The van der Waals surface area contributed by atoms with E-state index in [1.165, 1.54) is 11.1 Å². The van der Waals surface area contributed by atoms with Crippen molar-refractivity contribution >= 4 is 17.4 Å². The molecule has 0 saturated heterocycles. The van der Waals surface area contributed by atoms with Crippen LogP contribution in [0, 0.1) is 0 Å². The minimum atomic E-state index is -0.0760. The summed E-state index contributed by atoms with van der Waals surface area (Å²) in [6, 6.07) is 34.4. The average Bonchev–Trinajstić information content (AvgIpc) is 2.90. The highest BCUT2D eigenvalue weighted by Gasteiger charge is 2.08. The molecule has 1 N–H and O–H groups in total. The molecule has 35 heavy (non-hydrogen) atoms. The molecular formula is C32H33NO2. The van der Waals surface area contributed by atoms with Gasteiger partial charge in [-0.25, -0.2) is 0 Å². The van der Waals surface area contributed by atoms with Crippen molar-refractivity contribution in [2.75, 3.05) is 5.32 Å². The number of nitrogens with one attached hydrogen (secondary N) is 1. The Bertz CT molecular complexity index is 1210. The predicted molar refractivity (Wildman–Crippen MR) is 145 cm³/mol.